The van der Waals surface area contributed by atoms with Crippen LogP contribution in [-0.2, 0) is 10.3 Å². The molecule has 0 bridgehead atoms. The monoisotopic (exact) mass is 478 g/mol. The number of nitrogens with two attached hydrogens (primary N) is 1. The van der Waals surface area contributed by atoms with Gasteiger partial charge in [-0.25, -0.2) is 9.97 Å². The number of amidine groups is 1. The average Bonchev–Trinajstić information content (AvgIpc) is 2.86. The second-order valence-corrected chi connectivity index (χ2v) is 9.57. The normalized spacial score (nSPS) is 24.2. The number of hydrogen-bond acceptors (Lipinski definition) is 6. The summed E-state index contributed by atoms with van der Waals surface area (Å²) in [4.78, 5) is 13.1. The summed E-state index contributed by atoms with van der Waals surface area (Å²) in [6.07, 6.45) is 8.61. The van der Waals surface area contributed by atoms with Gasteiger partial charge in [0.25, 0.3) is 0 Å². The maximum Gasteiger partial charge on any atom is 0.220 e. The molecule has 1 saturated carbocycles. The number of hydrogen-bond donors (Lipinski definition) is 1. The molecule has 8 heteroatoms. The maximum atomic E-state index is 14.5. The van der Waals surface area contributed by atoms with Crippen LogP contribution in [0.25, 0.3) is 11.1 Å². The van der Waals surface area contributed by atoms with Crippen LogP contribution in [0.1, 0.15) is 43.2 Å². The Hall–Kier alpha value is -3.03. The summed E-state index contributed by atoms with van der Waals surface area (Å²) >= 11 is 6.30. The van der Waals surface area contributed by atoms with Gasteiger partial charge in [0, 0.05) is 22.9 Å². The smallest absolute Gasteiger partial charge is 0.220 e. The number of aliphatic imine (C=N–C) groups is 1. The van der Waals surface area contributed by atoms with Crippen molar-refractivity contribution in [2.75, 3.05) is 6.61 Å². The van der Waals surface area contributed by atoms with Crippen molar-refractivity contribution in [1.29, 1.82) is 0 Å². The van der Waals surface area contributed by atoms with Crippen molar-refractivity contribution >= 4 is 17.4 Å². The summed E-state index contributed by atoms with van der Waals surface area (Å²) in [6.45, 7) is 0.275. The van der Waals surface area contributed by atoms with E-state index in [4.69, 9.17) is 31.8 Å². The third-order valence-corrected chi connectivity index (χ3v) is 7.36. The van der Waals surface area contributed by atoms with Crippen molar-refractivity contribution in [3.63, 3.8) is 0 Å². The average molecular weight is 479 g/mol. The fourth-order valence-corrected chi connectivity index (χ4v) is 5.66. The van der Waals surface area contributed by atoms with E-state index in [1.807, 2.05) is 18.2 Å². The van der Waals surface area contributed by atoms with Gasteiger partial charge >= 0.3 is 0 Å². The highest BCUT2D eigenvalue weighted by molar-refractivity contribution is 6.29. The molecular formula is C26H24ClFN4O2. The van der Waals surface area contributed by atoms with Crippen molar-refractivity contribution in [3.05, 3.63) is 71.0 Å². The molecule has 3 aliphatic rings. The Bertz CT molecular complexity index is 1290. The fraction of sp³-hybridized carbons (Fsp3) is 0.346. The van der Waals surface area contributed by atoms with E-state index in [0.29, 0.717) is 39.5 Å². The van der Waals surface area contributed by atoms with E-state index in [9.17, 15) is 4.39 Å². The minimum absolute atomic E-state index is 0.211. The van der Waals surface area contributed by atoms with Gasteiger partial charge in [0.2, 0.25) is 5.95 Å². The first kappa shape index (κ1) is 21.5. The number of halogens is 2. The van der Waals surface area contributed by atoms with Crippen LogP contribution in [0.4, 0.5) is 4.39 Å². The van der Waals surface area contributed by atoms with Gasteiger partial charge in [0.1, 0.15) is 28.4 Å². The van der Waals surface area contributed by atoms with Crippen molar-refractivity contribution < 1.29 is 13.9 Å². The summed E-state index contributed by atoms with van der Waals surface area (Å²) in [7, 11) is 0. The third-order valence-electron chi connectivity index (χ3n) is 7.16. The van der Waals surface area contributed by atoms with Crippen LogP contribution in [0, 0.1) is 11.9 Å². The number of benzene rings is 1. The largest absolute Gasteiger partial charge is 0.455 e. The minimum Gasteiger partial charge on any atom is -0.455 e. The number of nitrogens with zero attached hydrogens (tertiary/aromatic N) is 3. The number of aromatic nitrogens is 2. The summed E-state index contributed by atoms with van der Waals surface area (Å²) < 4.78 is 27.2. The molecule has 3 aromatic rings. The lowest BCUT2D eigenvalue weighted by Gasteiger charge is -2.43. The predicted octanol–water partition coefficient (Wildman–Crippen LogP) is 5.62. The predicted molar refractivity (Wildman–Crippen MR) is 128 cm³/mol. The Morgan fingerprint density at radius 2 is 1.85 bits per heavy atom. The molecular weight excluding hydrogens is 455 g/mol. The van der Waals surface area contributed by atoms with Crippen LogP contribution in [0.5, 0.6) is 11.5 Å². The van der Waals surface area contributed by atoms with Gasteiger partial charge in [-0.3, -0.25) is 4.99 Å². The van der Waals surface area contributed by atoms with Crippen molar-refractivity contribution in [1.82, 2.24) is 9.97 Å². The second-order valence-electron chi connectivity index (χ2n) is 9.18. The summed E-state index contributed by atoms with van der Waals surface area (Å²) in [5, 5.41) is 0.322. The van der Waals surface area contributed by atoms with Crippen molar-refractivity contribution in [2.24, 2.45) is 16.6 Å². The molecule has 0 amide bonds. The molecule has 174 valence electrons. The van der Waals surface area contributed by atoms with Gasteiger partial charge in [0.15, 0.2) is 5.75 Å². The zero-order chi connectivity index (χ0) is 23.3. The Morgan fingerprint density at radius 1 is 1.03 bits per heavy atom. The lowest BCUT2D eigenvalue weighted by atomic mass is 9.78. The van der Waals surface area contributed by atoms with E-state index in [1.54, 1.807) is 24.4 Å². The van der Waals surface area contributed by atoms with E-state index in [1.165, 1.54) is 25.5 Å². The molecule has 0 unspecified atom stereocenters. The Labute approximate surface area is 202 Å². The molecule has 4 heterocycles. The molecule has 1 aliphatic carbocycles. The molecule has 1 spiro atoms. The zero-order valence-corrected chi connectivity index (χ0v) is 19.3. The van der Waals surface area contributed by atoms with Crippen molar-refractivity contribution in [3.8, 4) is 22.6 Å². The number of ether oxygens (including phenoxy) is 2. The first-order valence-corrected chi connectivity index (χ1v) is 12.0. The highest BCUT2D eigenvalue weighted by Gasteiger charge is 2.48. The molecule has 2 N–H and O–H groups in total. The van der Waals surface area contributed by atoms with Gasteiger partial charge in [0.05, 0.1) is 12.8 Å². The first-order valence-electron chi connectivity index (χ1n) is 11.6. The minimum atomic E-state index is -0.973. The van der Waals surface area contributed by atoms with E-state index in [0.717, 1.165) is 24.0 Å². The Balaban J connectivity index is 1.52. The van der Waals surface area contributed by atoms with Crippen LogP contribution < -0.4 is 10.5 Å². The lowest BCUT2D eigenvalue weighted by molar-refractivity contribution is 0.00780. The Morgan fingerprint density at radius 3 is 2.65 bits per heavy atom. The molecule has 34 heavy (non-hydrogen) atoms. The highest BCUT2D eigenvalue weighted by atomic mass is 35.5. The molecule has 2 aliphatic heterocycles. The number of pyridine rings is 2. The van der Waals surface area contributed by atoms with Gasteiger partial charge < -0.3 is 15.2 Å². The molecule has 1 fully saturated rings. The lowest BCUT2D eigenvalue weighted by Crippen LogP contribution is -2.49. The summed E-state index contributed by atoms with van der Waals surface area (Å²) in [5.74, 6) is 1.45. The third kappa shape index (κ3) is 3.46. The SMILES string of the molecule is NC1=N[C@@]2(CO[C@@H]1C1CCCCC1)c1cc(-c3cccnc3F)ccc1Oc1cnc(Cl)cc12. The quantitative estimate of drug-likeness (QED) is 0.483. The number of rotatable bonds is 2. The first-order chi connectivity index (χ1) is 16.5. The highest BCUT2D eigenvalue weighted by Crippen LogP contribution is 2.52. The van der Waals surface area contributed by atoms with E-state index >= 15 is 0 Å². The maximum absolute atomic E-state index is 14.5. The van der Waals surface area contributed by atoms with Crippen LogP contribution in [-0.4, -0.2) is 28.5 Å². The van der Waals surface area contributed by atoms with Crippen LogP contribution in [0.2, 0.25) is 5.15 Å². The molecule has 6 rings (SSSR count). The molecule has 6 nitrogen and oxygen atoms in total. The molecule has 0 saturated heterocycles. The molecule has 1 aromatic carbocycles. The van der Waals surface area contributed by atoms with Gasteiger partial charge in [-0.15, -0.1) is 0 Å². The molecule has 2 aromatic heterocycles. The topological polar surface area (TPSA) is 82.6 Å². The van der Waals surface area contributed by atoms with Crippen LogP contribution in [0.3, 0.4) is 0 Å². The van der Waals surface area contributed by atoms with Gasteiger partial charge in [-0.1, -0.05) is 36.9 Å². The summed E-state index contributed by atoms with van der Waals surface area (Å²) in [6, 6.07) is 10.7. The standard InChI is InChI=1S/C26H24ClFN4O2/c27-22-12-19-21(13-31-22)34-20-9-8-16(17-7-4-10-30-24(17)28)11-18(20)26(19)14-33-23(25(29)32-26)15-5-2-1-3-6-15/h4,7-13,15,23H,1-3,5-6,14H2,(H2,29,32)/t23-,26+/m1/s1. The van der Waals surface area contributed by atoms with Gasteiger partial charge in [-0.05, 0) is 54.7 Å². The molecule has 0 radical (unpaired) electrons. The summed E-state index contributed by atoms with van der Waals surface area (Å²) in [5.41, 5.74) is 8.17. The fourth-order valence-electron chi connectivity index (χ4n) is 5.50. The van der Waals surface area contributed by atoms with E-state index < -0.39 is 11.5 Å². The van der Waals surface area contributed by atoms with Gasteiger partial charge in [-0.2, -0.15) is 4.39 Å². The molecule has 2 atom stereocenters. The number of fused-ring (bicyclic) bond motifs is 4. The zero-order valence-electron chi connectivity index (χ0n) is 18.5. The van der Waals surface area contributed by atoms with E-state index in [2.05, 4.69) is 9.97 Å². The Kier molecular flexibility index (Phi) is 5.26. The van der Waals surface area contributed by atoms with Crippen LogP contribution >= 0.6 is 11.6 Å². The second kappa shape index (κ2) is 8.32. The van der Waals surface area contributed by atoms with Crippen molar-refractivity contribution in [2.45, 2.75) is 43.7 Å². The van der Waals surface area contributed by atoms with E-state index in [-0.39, 0.29) is 12.7 Å². The van der Waals surface area contributed by atoms with Crippen LogP contribution in [0.15, 0.2) is 53.8 Å².